The Labute approximate surface area is 117 Å². The fourth-order valence-corrected chi connectivity index (χ4v) is 1.69. The molecule has 0 bridgehead atoms. The molecule has 0 fully saturated rings. The Morgan fingerprint density at radius 2 is 1.74 bits per heavy atom. The normalized spacial score (nSPS) is 11.5. The maximum Gasteiger partial charge on any atom is 0.138 e. The molecule has 0 radical (unpaired) electrons. The summed E-state index contributed by atoms with van der Waals surface area (Å²) in [6.45, 7) is 10.5. The topological polar surface area (TPSA) is 38.3 Å². The molecule has 1 N–H and O–H groups in total. The molecule has 3 heteroatoms. The maximum absolute atomic E-state index is 11.6. The van der Waals surface area contributed by atoms with Crippen molar-refractivity contribution in [3.05, 3.63) is 29.8 Å². The van der Waals surface area contributed by atoms with Crippen molar-refractivity contribution in [2.45, 2.75) is 46.6 Å². The van der Waals surface area contributed by atoms with Gasteiger partial charge in [-0.15, -0.1) is 0 Å². The Kier molecular flexibility index (Phi) is 8.88. The number of Topliss-reactive ketones (excluding diaryl/α,β-unsaturated/α-hetero) is 1. The summed E-state index contributed by atoms with van der Waals surface area (Å²) < 4.78 is 5.11. The van der Waals surface area contributed by atoms with Gasteiger partial charge in [-0.3, -0.25) is 4.79 Å². The molecule has 0 saturated carbocycles. The molecule has 0 aliphatic carbocycles. The van der Waals surface area contributed by atoms with Gasteiger partial charge >= 0.3 is 0 Å². The zero-order valence-electron chi connectivity index (χ0n) is 13.0. The highest BCUT2D eigenvalue weighted by atomic mass is 16.5. The molecule has 1 unspecified atom stereocenters. The van der Waals surface area contributed by atoms with Crippen LogP contribution in [0.15, 0.2) is 24.3 Å². The van der Waals surface area contributed by atoms with Gasteiger partial charge in [0.15, 0.2) is 0 Å². The highest BCUT2D eigenvalue weighted by Gasteiger charge is 2.16. The molecule has 0 aliphatic heterocycles. The lowest BCUT2D eigenvalue weighted by Gasteiger charge is -2.17. The standard InChI is InChI=1S/C14H21NO2.C2H6/c1-10(2)15-9-14(11(3)16)12-5-7-13(17-4)8-6-12;1-2/h5-8,10,14-15H,9H2,1-4H3;1-2H3. The molecule has 108 valence electrons. The largest absolute Gasteiger partial charge is 0.497 e. The summed E-state index contributed by atoms with van der Waals surface area (Å²) in [6.07, 6.45) is 0. The van der Waals surface area contributed by atoms with Crippen LogP contribution in [-0.4, -0.2) is 25.5 Å². The van der Waals surface area contributed by atoms with E-state index in [2.05, 4.69) is 19.2 Å². The minimum Gasteiger partial charge on any atom is -0.497 e. The van der Waals surface area contributed by atoms with Gasteiger partial charge in [0, 0.05) is 12.6 Å². The van der Waals surface area contributed by atoms with Crippen molar-refractivity contribution in [3.8, 4) is 5.75 Å². The van der Waals surface area contributed by atoms with Gasteiger partial charge in [-0.25, -0.2) is 0 Å². The Balaban J connectivity index is 0.00000154. The van der Waals surface area contributed by atoms with Crippen LogP contribution >= 0.6 is 0 Å². The summed E-state index contributed by atoms with van der Waals surface area (Å²) in [7, 11) is 1.64. The monoisotopic (exact) mass is 265 g/mol. The maximum atomic E-state index is 11.6. The van der Waals surface area contributed by atoms with Gasteiger partial charge in [0.05, 0.1) is 13.0 Å². The fourth-order valence-electron chi connectivity index (χ4n) is 1.69. The molecule has 0 saturated heterocycles. The summed E-state index contributed by atoms with van der Waals surface area (Å²) >= 11 is 0. The van der Waals surface area contributed by atoms with Gasteiger partial charge in [-0.2, -0.15) is 0 Å². The Bertz CT molecular complexity index is 358. The average Bonchev–Trinajstić information content (AvgIpc) is 2.41. The number of carbonyl (C=O) groups is 1. The smallest absolute Gasteiger partial charge is 0.138 e. The molecule has 1 aromatic rings. The van der Waals surface area contributed by atoms with Crippen LogP contribution in [0, 0.1) is 0 Å². The van der Waals surface area contributed by atoms with Gasteiger partial charge in [-0.1, -0.05) is 39.8 Å². The van der Waals surface area contributed by atoms with Crippen molar-refractivity contribution in [2.24, 2.45) is 0 Å². The average molecular weight is 265 g/mol. The number of ketones is 1. The lowest BCUT2D eigenvalue weighted by Crippen LogP contribution is -2.30. The second-order valence-electron chi connectivity index (χ2n) is 4.50. The predicted molar refractivity (Wildman–Crippen MR) is 80.9 cm³/mol. The lowest BCUT2D eigenvalue weighted by atomic mass is 9.95. The lowest BCUT2D eigenvalue weighted by molar-refractivity contribution is -0.118. The van der Waals surface area contributed by atoms with Gasteiger partial charge < -0.3 is 10.1 Å². The number of rotatable bonds is 6. The molecule has 19 heavy (non-hydrogen) atoms. The van der Waals surface area contributed by atoms with Crippen molar-refractivity contribution in [2.75, 3.05) is 13.7 Å². The number of carbonyl (C=O) groups excluding carboxylic acids is 1. The Hall–Kier alpha value is -1.35. The van der Waals surface area contributed by atoms with E-state index >= 15 is 0 Å². The summed E-state index contributed by atoms with van der Waals surface area (Å²) in [5.41, 5.74) is 1.03. The van der Waals surface area contributed by atoms with E-state index in [-0.39, 0.29) is 11.7 Å². The number of hydrogen-bond acceptors (Lipinski definition) is 3. The van der Waals surface area contributed by atoms with Gasteiger partial charge in [0.2, 0.25) is 0 Å². The van der Waals surface area contributed by atoms with Gasteiger partial charge in [0.1, 0.15) is 11.5 Å². The van der Waals surface area contributed by atoms with E-state index in [1.807, 2.05) is 38.1 Å². The molecule has 1 atom stereocenters. The molecule has 1 aromatic carbocycles. The summed E-state index contributed by atoms with van der Waals surface area (Å²) in [5.74, 6) is 0.916. The van der Waals surface area contributed by atoms with E-state index in [9.17, 15) is 4.79 Å². The third-order valence-corrected chi connectivity index (χ3v) is 2.74. The molecule has 0 aromatic heterocycles. The predicted octanol–water partition coefficient (Wildman–Crippen LogP) is 3.39. The zero-order valence-corrected chi connectivity index (χ0v) is 13.0. The number of benzene rings is 1. The Morgan fingerprint density at radius 3 is 2.11 bits per heavy atom. The van der Waals surface area contributed by atoms with Crippen molar-refractivity contribution in [3.63, 3.8) is 0 Å². The molecule has 0 amide bonds. The van der Waals surface area contributed by atoms with Gasteiger partial charge in [-0.05, 0) is 24.6 Å². The van der Waals surface area contributed by atoms with Crippen molar-refractivity contribution in [1.29, 1.82) is 0 Å². The highest BCUT2D eigenvalue weighted by molar-refractivity contribution is 5.83. The first kappa shape index (κ1) is 17.6. The van der Waals surface area contributed by atoms with Crippen LogP contribution in [0.4, 0.5) is 0 Å². The third kappa shape index (κ3) is 6.39. The first-order valence-electron chi connectivity index (χ1n) is 6.92. The second kappa shape index (κ2) is 9.56. The number of hydrogen-bond donors (Lipinski definition) is 1. The Morgan fingerprint density at radius 1 is 1.21 bits per heavy atom. The van der Waals surface area contributed by atoms with Crippen LogP contribution in [0.1, 0.15) is 46.1 Å². The number of methoxy groups -OCH3 is 1. The minimum atomic E-state index is -0.0803. The van der Waals surface area contributed by atoms with Crippen molar-refractivity contribution < 1.29 is 9.53 Å². The first-order valence-corrected chi connectivity index (χ1v) is 6.92. The van der Waals surface area contributed by atoms with Crippen LogP contribution in [-0.2, 0) is 4.79 Å². The van der Waals surface area contributed by atoms with Crippen molar-refractivity contribution >= 4 is 5.78 Å². The van der Waals surface area contributed by atoms with E-state index in [1.54, 1.807) is 14.0 Å². The molecule has 3 nitrogen and oxygen atoms in total. The van der Waals surface area contributed by atoms with E-state index in [4.69, 9.17) is 4.74 Å². The van der Waals surface area contributed by atoms with E-state index < -0.39 is 0 Å². The third-order valence-electron chi connectivity index (χ3n) is 2.74. The minimum absolute atomic E-state index is 0.0803. The molecule has 0 heterocycles. The van der Waals surface area contributed by atoms with Crippen LogP contribution in [0.3, 0.4) is 0 Å². The van der Waals surface area contributed by atoms with E-state index in [0.29, 0.717) is 12.6 Å². The van der Waals surface area contributed by atoms with Crippen LogP contribution < -0.4 is 10.1 Å². The van der Waals surface area contributed by atoms with Crippen LogP contribution in [0.5, 0.6) is 5.75 Å². The zero-order chi connectivity index (χ0) is 14.8. The second-order valence-corrected chi connectivity index (χ2v) is 4.50. The molecular formula is C16H27NO2. The molecule has 0 aliphatic rings. The molecule has 1 rings (SSSR count). The molecular weight excluding hydrogens is 238 g/mol. The summed E-state index contributed by atoms with van der Waals surface area (Å²) in [5, 5.41) is 3.30. The quantitative estimate of drug-likeness (QED) is 0.856. The van der Waals surface area contributed by atoms with Gasteiger partial charge in [0.25, 0.3) is 0 Å². The number of ether oxygens (including phenoxy) is 1. The van der Waals surface area contributed by atoms with Crippen LogP contribution in [0.2, 0.25) is 0 Å². The van der Waals surface area contributed by atoms with Crippen molar-refractivity contribution in [1.82, 2.24) is 5.32 Å². The van der Waals surface area contributed by atoms with E-state index in [0.717, 1.165) is 11.3 Å². The first-order chi connectivity index (χ1) is 9.04. The SMILES string of the molecule is CC.COc1ccc(C(CNC(C)C)C(C)=O)cc1. The van der Waals surface area contributed by atoms with E-state index in [1.165, 1.54) is 0 Å². The fraction of sp³-hybridized carbons (Fsp3) is 0.562. The summed E-state index contributed by atoms with van der Waals surface area (Å²) in [4.78, 5) is 11.6. The summed E-state index contributed by atoms with van der Waals surface area (Å²) in [6, 6.07) is 8.07. The highest BCUT2D eigenvalue weighted by Crippen LogP contribution is 2.20. The molecule has 0 spiro atoms. The number of nitrogens with one attached hydrogen (secondary N) is 1. The van der Waals surface area contributed by atoms with Crippen LogP contribution in [0.25, 0.3) is 0 Å².